The van der Waals surface area contributed by atoms with E-state index in [-0.39, 0.29) is 0 Å². The molecule has 128 valence electrons. The van der Waals surface area contributed by atoms with Crippen molar-refractivity contribution in [1.82, 2.24) is 9.97 Å². The summed E-state index contributed by atoms with van der Waals surface area (Å²) in [5.74, 6) is 0.817. The molecule has 2 aromatic heterocycles. The molecule has 4 nitrogen and oxygen atoms in total. The first-order chi connectivity index (χ1) is 12.7. The second-order valence-electron chi connectivity index (χ2n) is 6.21. The van der Waals surface area contributed by atoms with Gasteiger partial charge in [0, 0.05) is 40.0 Å². The number of carbonyl (C=O) groups is 1. The van der Waals surface area contributed by atoms with Crippen LogP contribution in [-0.2, 0) is 0 Å². The molecule has 0 amide bonds. The van der Waals surface area contributed by atoms with Crippen molar-refractivity contribution in [2.45, 2.75) is 6.92 Å². The maximum Gasteiger partial charge on any atom is 0.150 e. The summed E-state index contributed by atoms with van der Waals surface area (Å²) in [6.45, 7) is 1.93. The molecule has 0 spiro atoms. The second-order valence-corrected chi connectivity index (χ2v) is 6.21. The van der Waals surface area contributed by atoms with Crippen molar-refractivity contribution in [2.75, 3.05) is 7.11 Å². The van der Waals surface area contributed by atoms with E-state index < -0.39 is 0 Å². The van der Waals surface area contributed by atoms with E-state index in [1.807, 2.05) is 61.8 Å². The lowest BCUT2D eigenvalue weighted by molar-refractivity contribution is 0.112. The molecule has 2 aromatic carbocycles. The minimum atomic E-state index is 0.696. The summed E-state index contributed by atoms with van der Waals surface area (Å²) < 4.78 is 5.50. The number of rotatable bonds is 4. The lowest BCUT2D eigenvalue weighted by Crippen LogP contribution is -1.89. The Kier molecular flexibility index (Phi) is 4.01. The van der Waals surface area contributed by atoms with Crippen molar-refractivity contribution >= 4 is 17.3 Å². The highest BCUT2D eigenvalue weighted by molar-refractivity contribution is 5.97. The Bertz CT molecular complexity index is 1110. The Morgan fingerprint density at radius 3 is 2.69 bits per heavy atom. The van der Waals surface area contributed by atoms with Gasteiger partial charge in [-0.3, -0.25) is 4.79 Å². The summed E-state index contributed by atoms with van der Waals surface area (Å²) in [4.78, 5) is 19.0. The summed E-state index contributed by atoms with van der Waals surface area (Å²) in [5, 5.41) is 1.01. The third-order valence-corrected chi connectivity index (χ3v) is 4.67. The predicted octanol–water partition coefficient (Wildman–Crippen LogP) is 5.03. The van der Waals surface area contributed by atoms with Gasteiger partial charge in [0.15, 0.2) is 0 Å². The van der Waals surface area contributed by atoms with Gasteiger partial charge in [-0.1, -0.05) is 30.3 Å². The molecule has 0 radical (unpaired) electrons. The van der Waals surface area contributed by atoms with Crippen molar-refractivity contribution < 1.29 is 9.53 Å². The van der Waals surface area contributed by atoms with Crippen LogP contribution in [0, 0.1) is 6.92 Å². The maximum absolute atomic E-state index is 11.3. The molecular weight excluding hydrogens is 324 g/mol. The standard InChI is InChI=1S/C22H18N2O2/c1-14-7-8-15(9-17(14)13-25)16-10-19-20(12-24-22(19)23-11-16)18-5-3-4-6-21(18)26-2/h3-13H,1-2H3,(H,23,24). The number of carbonyl (C=O) groups excluding carboxylic acids is 1. The van der Waals surface area contributed by atoms with Crippen LogP contribution in [0.2, 0.25) is 0 Å². The number of aldehydes is 1. The van der Waals surface area contributed by atoms with Crippen molar-refractivity contribution in [1.29, 1.82) is 0 Å². The molecule has 4 rings (SSSR count). The van der Waals surface area contributed by atoms with E-state index in [1.54, 1.807) is 7.11 Å². The average molecular weight is 342 g/mol. The number of pyridine rings is 1. The highest BCUT2D eigenvalue weighted by atomic mass is 16.5. The molecule has 26 heavy (non-hydrogen) atoms. The molecule has 2 heterocycles. The average Bonchev–Trinajstić information content (AvgIpc) is 3.11. The molecule has 0 atom stereocenters. The van der Waals surface area contributed by atoms with E-state index in [2.05, 4.69) is 16.0 Å². The summed E-state index contributed by atoms with van der Waals surface area (Å²) in [5.41, 5.74) is 6.47. The van der Waals surface area contributed by atoms with Crippen LogP contribution >= 0.6 is 0 Å². The van der Waals surface area contributed by atoms with E-state index in [4.69, 9.17) is 4.74 Å². The van der Waals surface area contributed by atoms with E-state index in [9.17, 15) is 4.79 Å². The quantitative estimate of drug-likeness (QED) is 0.529. The van der Waals surface area contributed by atoms with E-state index in [1.165, 1.54) is 0 Å². The molecule has 1 N–H and O–H groups in total. The Morgan fingerprint density at radius 2 is 1.88 bits per heavy atom. The van der Waals surface area contributed by atoms with E-state index >= 15 is 0 Å². The van der Waals surface area contributed by atoms with Gasteiger partial charge >= 0.3 is 0 Å². The van der Waals surface area contributed by atoms with Gasteiger partial charge in [-0.25, -0.2) is 4.98 Å². The van der Waals surface area contributed by atoms with Crippen molar-refractivity contribution in [2.24, 2.45) is 0 Å². The van der Waals surface area contributed by atoms with E-state index in [0.717, 1.165) is 50.9 Å². The Hall–Kier alpha value is -3.40. The minimum absolute atomic E-state index is 0.696. The molecule has 0 fully saturated rings. The number of aryl methyl sites for hydroxylation is 1. The molecule has 0 saturated carbocycles. The fourth-order valence-electron chi connectivity index (χ4n) is 3.20. The first-order valence-corrected chi connectivity index (χ1v) is 8.38. The molecule has 0 aliphatic rings. The first-order valence-electron chi connectivity index (χ1n) is 8.38. The SMILES string of the molecule is COc1ccccc1-c1c[nH]c2ncc(-c3ccc(C)c(C=O)c3)cc12. The Morgan fingerprint density at radius 1 is 1.04 bits per heavy atom. The van der Waals surface area contributed by atoms with Crippen LogP contribution in [0.15, 0.2) is 60.9 Å². The van der Waals surface area contributed by atoms with Crippen LogP contribution in [0.4, 0.5) is 0 Å². The van der Waals surface area contributed by atoms with Crippen molar-refractivity contribution in [3.05, 3.63) is 72.1 Å². The smallest absolute Gasteiger partial charge is 0.150 e. The number of para-hydroxylation sites is 1. The number of nitrogens with zero attached hydrogens (tertiary/aromatic N) is 1. The van der Waals surface area contributed by atoms with Crippen molar-refractivity contribution in [3.8, 4) is 28.0 Å². The van der Waals surface area contributed by atoms with Gasteiger partial charge < -0.3 is 9.72 Å². The largest absolute Gasteiger partial charge is 0.496 e. The van der Waals surface area contributed by atoms with Crippen LogP contribution in [0.3, 0.4) is 0 Å². The van der Waals surface area contributed by atoms with Crippen LogP contribution in [0.25, 0.3) is 33.3 Å². The molecular formula is C22H18N2O2. The van der Waals surface area contributed by atoms with Gasteiger partial charge in [0.2, 0.25) is 0 Å². The second kappa shape index (κ2) is 6.48. The predicted molar refractivity (Wildman–Crippen MR) is 104 cm³/mol. The Labute approximate surface area is 151 Å². The van der Waals surface area contributed by atoms with Gasteiger partial charge in [-0.2, -0.15) is 0 Å². The number of hydrogen-bond donors (Lipinski definition) is 1. The third kappa shape index (κ3) is 2.65. The number of nitrogens with one attached hydrogen (secondary N) is 1. The van der Waals surface area contributed by atoms with Crippen LogP contribution in [0.1, 0.15) is 15.9 Å². The Balaban J connectivity index is 1.89. The summed E-state index contributed by atoms with van der Waals surface area (Å²) in [6, 6.07) is 15.9. The van der Waals surface area contributed by atoms with E-state index in [0.29, 0.717) is 5.56 Å². The number of benzene rings is 2. The number of hydrogen-bond acceptors (Lipinski definition) is 3. The van der Waals surface area contributed by atoms with Gasteiger partial charge in [0.05, 0.1) is 7.11 Å². The van der Waals surface area contributed by atoms with Crippen LogP contribution < -0.4 is 4.74 Å². The van der Waals surface area contributed by atoms with Crippen molar-refractivity contribution in [3.63, 3.8) is 0 Å². The lowest BCUT2D eigenvalue weighted by atomic mass is 9.99. The summed E-state index contributed by atoms with van der Waals surface area (Å²) >= 11 is 0. The monoisotopic (exact) mass is 342 g/mol. The lowest BCUT2D eigenvalue weighted by Gasteiger charge is -2.08. The number of aromatic amines is 1. The molecule has 0 bridgehead atoms. The number of ether oxygens (including phenoxy) is 1. The topological polar surface area (TPSA) is 55.0 Å². The summed E-state index contributed by atoms with van der Waals surface area (Å²) in [6.07, 6.45) is 4.66. The van der Waals surface area contributed by atoms with Gasteiger partial charge in [0.25, 0.3) is 0 Å². The highest BCUT2D eigenvalue weighted by Crippen LogP contribution is 2.36. The molecule has 4 aromatic rings. The minimum Gasteiger partial charge on any atom is -0.496 e. The molecule has 0 saturated heterocycles. The van der Waals surface area contributed by atoms with Gasteiger partial charge in [-0.15, -0.1) is 0 Å². The first kappa shape index (κ1) is 16.1. The molecule has 0 unspecified atom stereocenters. The zero-order chi connectivity index (χ0) is 18.1. The molecule has 0 aliphatic heterocycles. The summed E-state index contributed by atoms with van der Waals surface area (Å²) in [7, 11) is 1.67. The van der Waals surface area contributed by atoms with Gasteiger partial charge in [-0.05, 0) is 36.2 Å². The fraction of sp³-hybridized carbons (Fsp3) is 0.0909. The number of aromatic nitrogens is 2. The number of methoxy groups -OCH3 is 1. The van der Waals surface area contributed by atoms with Crippen LogP contribution in [-0.4, -0.2) is 23.4 Å². The number of H-pyrrole nitrogens is 1. The number of fused-ring (bicyclic) bond motifs is 1. The normalized spacial score (nSPS) is 10.8. The van der Waals surface area contributed by atoms with Gasteiger partial charge in [0.1, 0.15) is 17.7 Å². The molecule has 4 heteroatoms. The third-order valence-electron chi connectivity index (χ3n) is 4.67. The zero-order valence-corrected chi connectivity index (χ0v) is 14.6. The maximum atomic E-state index is 11.3. The van der Waals surface area contributed by atoms with Crippen LogP contribution in [0.5, 0.6) is 5.75 Å². The zero-order valence-electron chi connectivity index (χ0n) is 14.6. The highest BCUT2D eigenvalue weighted by Gasteiger charge is 2.13. The fourth-order valence-corrected chi connectivity index (χ4v) is 3.20. The molecule has 0 aliphatic carbocycles.